The largest absolute Gasteiger partial charge is 0.416 e. The van der Waals surface area contributed by atoms with E-state index in [0.29, 0.717) is 39.6 Å². The highest BCUT2D eigenvalue weighted by Gasteiger charge is 2.30. The summed E-state index contributed by atoms with van der Waals surface area (Å²) >= 11 is 5.17. The molecular formula is C17H10F3N3S. The number of rotatable bonds is 1. The fraction of sp³-hybridized carbons (Fsp3) is 0.118. The number of hydrogen-bond donors (Lipinski definition) is 1. The van der Waals surface area contributed by atoms with Crippen molar-refractivity contribution in [2.24, 2.45) is 4.99 Å². The highest BCUT2D eigenvalue weighted by molar-refractivity contribution is 7.80. The van der Waals surface area contributed by atoms with Gasteiger partial charge in [0.1, 0.15) is 4.99 Å². The molecule has 0 saturated heterocycles. The van der Waals surface area contributed by atoms with Crippen molar-refractivity contribution in [1.82, 2.24) is 0 Å². The minimum atomic E-state index is -4.39. The molecule has 0 fully saturated rings. The van der Waals surface area contributed by atoms with Gasteiger partial charge in [0.25, 0.3) is 0 Å². The van der Waals surface area contributed by atoms with Crippen molar-refractivity contribution in [2.75, 3.05) is 11.9 Å². The maximum atomic E-state index is 12.7. The molecule has 0 bridgehead atoms. The maximum absolute atomic E-state index is 12.7. The molecule has 0 amide bonds. The quantitative estimate of drug-likeness (QED) is 0.789. The standard InChI is InChI=1S/C17H10F3N3S/c18-17(19,20)12-4-2-11(3-5-12)16-13-6-1-10(8-21)7-14(13)22-9-15(24)23-16/h1-7,22H,9H2. The second-order valence-corrected chi connectivity index (χ2v) is 5.63. The Bertz CT molecular complexity index is 877. The Hall–Kier alpha value is -2.72. The number of aliphatic imine (C=N–C) groups is 1. The number of benzodiazepines with no additional fused rings is 1. The van der Waals surface area contributed by atoms with Crippen LogP contribution in [0.3, 0.4) is 0 Å². The number of nitriles is 1. The van der Waals surface area contributed by atoms with Crippen LogP contribution >= 0.6 is 12.2 Å². The van der Waals surface area contributed by atoms with Gasteiger partial charge < -0.3 is 5.32 Å². The molecule has 1 aliphatic rings. The smallest absolute Gasteiger partial charge is 0.378 e. The fourth-order valence-corrected chi connectivity index (χ4v) is 2.56. The van der Waals surface area contributed by atoms with Gasteiger partial charge in [-0.15, -0.1) is 0 Å². The Morgan fingerprint density at radius 2 is 1.83 bits per heavy atom. The summed E-state index contributed by atoms with van der Waals surface area (Å²) in [5.41, 5.74) is 2.13. The SMILES string of the molecule is N#Cc1ccc2c(c1)NCC(=S)N=C2c1ccc(C(F)(F)F)cc1. The highest BCUT2D eigenvalue weighted by Crippen LogP contribution is 2.30. The summed E-state index contributed by atoms with van der Waals surface area (Å²) in [6, 6.07) is 11.8. The molecule has 24 heavy (non-hydrogen) atoms. The molecule has 120 valence electrons. The van der Waals surface area contributed by atoms with Gasteiger partial charge in [0.05, 0.1) is 29.5 Å². The van der Waals surface area contributed by atoms with Crippen LogP contribution < -0.4 is 5.32 Å². The summed E-state index contributed by atoms with van der Waals surface area (Å²) in [6.07, 6.45) is -4.39. The first-order valence-electron chi connectivity index (χ1n) is 6.96. The number of anilines is 1. The highest BCUT2D eigenvalue weighted by atomic mass is 32.1. The van der Waals surface area contributed by atoms with Crippen LogP contribution in [0.4, 0.5) is 18.9 Å². The van der Waals surface area contributed by atoms with E-state index in [0.717, 1.165) is 12.1 Å². The van der Waals surface area contributed by atoms with Crippen LogP contribution in [-0.4, -0.2) is 17.2 Å². The van der Waals surface area contributed by atoms with Gasteiger partial charge >= 0.3 is 6.18 Å². The van der Waals surface area contributed by atoms with Crippen molar-refractivity contribution >= 4 is 28.6 Å². The summed E-state index contributed by atoms with van der Waals surface area (Å²) in [4.78, 5) is 4.74. The number of nitrogens with one attached hydrogen (secondary N) is 1. The monoisotopic (exact) mass is 345 g/mol. The fourth-order valence-electron chi connectivity index (χ4n) is 2.40. The predicted molar refractivity (Wildman–Crippen MR) is 89.3 cm³/mol. The van der Waals surface area contributed by atoms with E-state index in [9.17, 15) is 13.2 Å². The Kier molecular flexibility index (Phi) is 4.08. The summed E-state index contributed by atoms with van der Waals surface area (Å²) in [6.45, 7) is 0.321. The van der Waals surface area contributed by atoms with E-state index < -0.39 is 11.7 Å². The molecular weight excluding hydrogens is 335 g/mol. The molecule has 0 aliphatic carbocycles. The number of hydrogen-bond acceptors (Lipinski definition) is 3. The number of fused-ring (bicyclic) bond motifs is 1. The number of thiocarbonyl (C=S) groups is 1. The molecule has 1 aliphatic heterocycles. The van der Waals surface area contributed by atoms with Crippen molar-refractivity contribution in [1.29, 1.82) is 5.26 Å². The van der Waals surface area contributed by atoms with Crippen LogP contribution in [0.2, 0.25) is 0 Å². The van der Waals surface area contributed by atoms with E-state index in [2.05, 4.69) is 10.3 Å². The van der Waals surface area contributed by atoms with Gasteiger partial charge in [0, 0.05) is 16.8 Å². The van der Waals surface area contributed by atoms with E-state index in [4.69, 9.17) is 17.5 Å². The van der Waals surface area contributed by atoms with Crippen LogP contribution in [0.25, 0.3) is 0 Å². The maximum Gasteiger partial charge on any atom is 0.416 e. The third-order valence-electron chi connectivity index (χ3n) is 3.56. The van der Waals surface area contributed by atoms with Crippen LogP contribution in [-0.2, 0) is 6.18 Å². The van der Waals surface area contributed by atoms with Crippen LogP contribution in [0.1, 0.15) is 22.3 Å². The lowest BCUT2D eigenvalue weighted by Crippen LogP contribution is -2.08. The first-order valence-corrected chi connectivity index (χ1v) is 7.37. The van der Waals surface area contributed by atoms with Gasteiger partial charge in [-0.25, -0.2) is 4.99 Å². The summed E-state index contributed by atoms with van der Waals surface area (Å²) in [7, 11) is 0. The number of halogens is 3. The number of nitrogens with zero attached hydrogens (tertiary/aromatic N) is 2. The van der Waals surface area contributed by atoms with Crippen LogP contribution in [0.5, 0.6) is 0 Å². The molecule has 0 unspecified atom stereocenters. The first-order chi connectivity index (χ1) is 11.4. The molecule has 0 atom stereocenters. The second-order valence-electron chi connectivity index (χ2n) is 5.15. The Morgan fingerprint density at radius 1 is 1.12 bits per heavy atom. The molecule has 2 aromatic rings. The average Bonchev–Trinajstić information content (AvgIpc) is 2.73. The summed E-state index contributed by atoms with van der Waals surface area (Å²) in [5.74, 6) is 0. The third-order valence-corrected chi connectivity index (χ3v) is 3.79. The minimum absolute atomic E-state index is 0.321. The van der Waals surface area contributed by atoms with E-state index >= 15 is 0 Å². The van der Waals surface area contributed by atoms with Gasteiger partial charge in [0.15, 0.2) is 0 Å². The topological polar surface area (TPSA) is 48.2 Å². The zero-order valence-corrected chi connectivity index (χ0v) is 13.0. The van der Waals surface area contributed by atoms with Crippen molar-refractivity contribution in [3.63, 3.8) is 0 Å². The molecule has 0 aromatic heterocycles. The predicted octanol–water partition coefficient (Wildman–Crippen LogP) is 4.17. The summed E-state index contributed by atoms with van der Waals surface area (Å²) < 4.78 is 38.2. The second kappa shape index (κ2) is 6.06. The molecule has 2 aromatic carbocycles. The number of alkyl halides is 3. The first kappa shape index (κ1) is 16.1. The van der Waals surface area contributed by atoms with Crippen LogP contribution in [0, 0.1) is 11.3 Å². The summed E-state index contributed by atoms with van der Waals surface area (Å²) in [5, 5.41) is 12.1. The minimum Gasteiger partial charge on any atom is -0.378 e. The molecule has 0 saturated carbocycles. The van der Waals surface area contributed by atoms with Crippen molar-refractivity contribution < 1.29 is 13.2 Å². The van der Waals surface area contributed by atoms with Gasteiger partial charge in [-0.05, 0) is 30.3 Å². The van der Waals surface area contributed by atoms with Crippen LogP contribution in [0.15, 0.2) is 47.5 Å². The van der Waals surface area contributed by atoms with E-state index in [1.807, 2.05) is 6.07 Å². The van der Waals surface area contributed by atoms with E-state index in [-0.39, 0.29) is 0 Å². The van der Waals surface area contributed by atoms with Gasteiger partial charge in [0.2, 0.25) is 0 Å². The van der Waals surface area contributed by atoms with Crippen molar-refractivity contribution in [3.8, 4) is 6.07 Å². The Morgan fingerprint density at radius 3 is 2.46 bits per heavy atom. The third kappa shape index (κ3) is 3.14. The van der Waals surface area contributed by atoms with Gasteiger partial charge in [-0.2, -0.15) is 18.4 Å². The zero-order chi connectivity index (χ0) is 17.3. The Labute approximate surface area is 141 Å². The van der Waals surface area contributed by atoms with E-state index in [1.54, 1.807) is 18.2 Å². The van der Waals surface area contributed by atoms with E-state index in [1.165, 1.54) is 12.1 Å². The normalized spacial score (nSPS) is 14.1. The molecule has 0 radical (unpaired) electrons. The molecule has 0 spiro atoms. The lowest BCUT2D eigenvalue weighted by Gasteiger charge is -2.12. The number of benzene rings is 2. The Balaban J connectivity index is 2.10. The molecule has 3 nitrogen and oxygen atoms in total. The lowest BCUT2D eigenvalue weighted by atomic mass is 9.98. The lowest BCUT2D eigenvalue weighted by molar-refractivity contribution is -0.137. The van der Waals surface area contributed by atoms with Crippen molar-refractivity contribution in [3.05, 3.63) is 64.7 Å². The molecule has 3 rings (SSSR count). The van der Waals surface area contributed by atoms with Crippen molar-refractivity contribution in [2.45, 2.75) is 6.18 Å². The van der Waals surface area contributed by atoms with Gasteiger partial charge in [-0.3, -0.25) is 0 Å². The molecule has 7 heteroatoms. The van der Waals surface area contributed by atoms with Gasteiger partial charge in [-0.1, -0.05) is 24.4 Å². The molecule has 1 N–H and O–H groups in total. The zero-order valence-electron chi connectivity index (χ0n) is 12.2. The average molecular weight is 345 g/mol. The molecule has 1 heterocycles.